The minimum atomic E-state index is -0.227. The summed E-state index contributed by atoms with van der Waals surface area (Å²) >= 11 is 0. The first kappa shape index (κ1) is 14.1. The van der Waals surface area contributed by atoms with Gasteiger partial charge in [-0.3, -0.25) is 9.59 Å². The molecule has 0 heterocycles. The molecule has 3 unspecified atom stereocenters. The van der Waals surface area contributed by atoms with Gasteiger partial charge in [-0.2, -0.15) is 0 Å². The Morgan fingerprint density at radius 3 is 2.71 bits per heavy atom. The predicted octanol–water partition coefficient (Wildman–Crippen LogP) is 3.55. The molecule has 2 fully saturated rings. The zero-order valence-electron chi connectivity index (χ0n) is 12.2. The van der Waals surface area contributed by atoms with Crippen molar-refractivity contribution in [1.82, 2.24) is 0 Å². The van der Waals surface area contributed by atoms with Gasteiger partial charge in [0, 0.05) is 17.9 Å². The van der Waals surface area contributed by atoms with Crippen molar-refractivity contribution in [3.05, 3.63) is 48.0 Å². The van der Waals surface area contributed by atoms with Crippen LogP contribution < -0.4 is 0 Å². The van der Waals surface area contributed by atoms with Gasteiger partial charge in [-0.1, -0.05) is 36.4 Å². The molecule has 3 nitrogen and oxygen atoms in total. The maximum atomic E-state index is 12.2. The number of allylic oxidation sites excluding steroid dienone is 1. The molecule has 2 aliphatic carbocycles. The van der Waals surface area contributed by atoms with Crippen molar-refractivity contribution in [2.45, 2.75) is 38.7 Å². The first-order valence-corrected chi connectivity index (χ1v) is 7.55. The van der Waals surface area contributed by atoms with Gasteiger partial charge in [0.2, 0.25) is 0 Å². The molecule has 1 aromatic carbocycles. The van der Waals surface area contributed by atoms with E-state index in [1.807, 2.05) is 36.4 Å². The summed E-state index contributed by atoms with van der Waals surface area (Å²) in [5.41, 5.74) is 0.572. The van der Waals surface area contributed by atoms with Gasteiger partial charge in [-0.25, -0.2) is 0 Å². The van der Waals surface area contributed by atoms with Crippen LogP contribution in [0.5, 0.6) is 0 Å². The van der Waals surface area contributed by atoms with Gasteiger partial charge in [0.05, 0.1) is 0 Å². The molecule has 0 amide bonds. The highest BCUT2D eigenvalue weighted by molar-refractivity contribution is 6.04. The molecule has 0 N–H and O–H groups in total. The number of carbonyl (C=O) groups excluding carboxylic acids is 2. The Kier molecular flexibility index (Phi) is 3.66. The Morgan fingerprint density at radius 1 is 1.29 bits per heavy atom. The van der Waals surface area contributed by atoms with Gasteiger partial charge in [0.15, 0.2) is 5.78 Å². The van der Waals surface area contributed by atoms with Gasteiger partial charge in [0.1, 0.15) is 6.10 Å². The average Bonchev–Trinajstić information content (AvgIpc) is 3.03. The third-order valence-corrected chi connectivity index (χ3v) is 4.81. The molecule has 3 rings (SSSR count). The molecule has 21 heavy (non-hydrogen) atoms. The number of ether oxygens (including phenoxy) is 1. The fourth-order valence-corrected chi connectivity index (χ4v) is 3.81. The van der Waals surface area contributed by atoms with Gasteiger partial charge >= 0.3 is 5.97 Å². The van der Waals surface area contributed by atoms with Crippen LogP contribution in [-0.2, 0) is 9.53 Å². The zero-order chi connectivity index (χ0) is 14.9. The van der Waals surface area contributed by atoms with Crippen LogP contribution in [0.1, 0.15) is 43.0 Å². The summed E-state index contributed by atoms with van der Waals surface area (Å²) in [6.45, 7) is 1.46. The van der Waals surface area contributed by atoms with Crippen LogP contribution in [0.2, 0.25) is 0 Å². The Morgan fingerprint density at radius 2 is 2.05 bits per heavy atom. The largest absolute Gasteiger partial charge is 0.462 e. The predicted molar refractivity (Wildman–Crippen MR) is 79.9 cm³/mol. The van der Waals surface area contributed by atoms with Crippen LogP contribution in [-0.4, -0.2) is 17.9 Å². The summed E-state index contributed by atoms with van der Waals surface area (Å²) in [6.07, 6.45) is 7.75. The van der Waals surface area contributed by atoms with E-state index < -0.39 is 0 Å². The molecule has 0 spiro atoms. The van der Waals surface area contributed by atoms with E-state index in [-0.39, 0.29) is 23.3 Å². The Labute approximate surface area is 125 Å². The van der Waals surface area contributed by atoms with Crippen LogP contribution in [0, 0.1) is 11.3 Å². The average molecular weight is 284 g/mol. The van der Waals surface area contributed by atoms with E-state index in [1.54, 1.807) is 6.08 Å². The molecule has 3 atom stereocenters. The van der Waals surface area contributed by atoms with E-state index in [0.717, 1.165) is 19.3 Å². The van der Waals surface area contributed by atoms with E-state index >= 15 is 0 Å². The van der Waals surface area contributed by atoms with E-state index in [2.05, 4.69) is 0 Å². The monoisotopic (exact) mass is 284 g/mol. The van der Waals surface area contributed by atoms with Crippen molar-refractivity contribution in [1.29, 1.82) is 0 Å². The molecule has 2 bridgehead atoms. The second-order valence-electron chi connectivity index (χ2n) is 6.24. The molecule has 1 aromatic rings. The number of esters is 1. The first-order chi connectivity index (χ1) is 10.1. The Hall–Kier alpha value is -1.90. The summed E-state index contributed by atoms with van der Waals surface area (Å²) in [5, 5.41) is 0. The van der Waals surface area contributed by atoms with E-state index in [1.165, 1.54) is 13.3 Å². The van der Waals surface area contributed by atoms with Crippen molar-refractivity contribution >= 4 is 11.8 Å². The van der Waals surface area contributed by atoms with Crippen molar-refractivity contribution < 1.29 is 14.3 Å². The lowest BCUT2D eigenvalue weighted by Crippen LogP contribution is -2.32. The van der Waals surface area contributed by atoms with Crippen molar-refractivity contribution in [2.75, 3.05) is 0 Å². The standard InChI is InChI=1S/C18H20O3/c1-13(19)21-17-11-14-7-9-18(17,12-14)10-8-16(20)15-5-3-2-4-6-15/h2-6,8,10,14,17H,7,9,11-12H2,1H3/b10-8+. The van der Waals surface area contributed by atoms with Crippen molar-refractivity contribution in [3.63, 3.8) is 0 Å². The molecule has 2 saturated carbocycles. The molecule has 0 aromatic heterocycles. The highest BCUT2D eigenvalue weighted by Crippen LogP contribution is 2.56. The van der Waals surface area contributed by atoms with Gasteiger partial charge in [-0.15, -0.1) is 0 Å². The molecule has 0 saturated heterocycles. The third-order valence-electron chi connectivity index (χ3n) is 4.81. The number of ketones is 1. The number of carbonyl (C=O) groups is 2. The molecule has 0 radical (unpaired) electrons. The minimum Gasteiger partial charge on any atom is -0.462 e. The lowest BCUT2D eigenvalue weighted by molar-refractivity contribution is -0.151. The summed E-state index contributed by atoms with van der Waals surface area (Å²) in [6, 6.07) is 9.26. The van der Waals surface area contributed by atoms with Gasteiger partial charge in [-0.05, 0) is 37.7 Å². The highest BCUT2D eigenvalue weighted by atomic mass is 16.5. The summed E-state index contributed by atoms with van der Waals surface area (Å²) in [7, 11) is 0. The van der Waals surface area contributed by atoms with Crippen molar-refractivity contribution in [3.8, 4) is 0 Å². The maximum absolute atomic E-state index is 12.2. The molecule has 110 valence electrons. The number of hydrogen-bond acceptors (Lipinski definition) is 3. The van der Waals surface area contributed by atoms with E-state index in [4.69, 9.17) is 4.74 Å². The number of hydrogen-bond donors (Lipinski definition) is 0. The normalized spacial score (nSPS) is 30.7. The lowest BCUT2D eigenvalue weighted by atomic mass is 9.81. The Bertz CT molecular complexity index is 575. The van der Waals surface area contributed by atoms with E-state index in [9.17, 15) is 9.59 Å². The second-order valence-corrected chi connectivity index (χ2v) is 6.24. The topological polar surface area (TPSA) is 43.4 Å². The minimum absolute atomic E-state index is 0.0156. The van der Waals surface area contributed by atoms with Crippen LogP contribution in [0.3, 0.4) is 0 Å². The SMILES string of the molecule is CC(=O)OC1CC2CCC1(/C=C/C(=O)c1ccccc1)C2. The van der Waals surface area contributed by atoms with Crippen molar-refractivity contribution in [2.24, 2.45) is 11.3 Å². The summed E-state index contributed by atoms with van der Waals surface area (Å²) in [5.74, 6) is 0.419. The fourth-order valence-electron chi connectivity index (χ4n) is 3.81. The van der Waals surface area contributed by atoms with Crippen LogP contribution in [0.25, 0.3) is 0 Å². The second kappa shape index (κ2) is 5.47. The molecule has 0 aliphatic heterocycles. The fraction of sp³-hybridized carbons (Fsp3) is 0.444. The third kappa shape index (κ3) is 2.78. The van der Waals surface area contributed by atoms with Crippen LogP contribution >= 0.6 is 0 Å². The summed E-state index contributed by atoms with van der Waals surface area (Å²) < 4.78 is 5.48. The number of benzene rings is 1. The first-order valence-electron chi connectivity index (χ1n) is 7.55. The maximum Gasteiger partial charge on any atom is 0.302 e. The zero-order valence-corrected chi connectivity index (χ0v) is 12.2. The summed E-state index contributed by atoms with van der Waals surface area (Å²) in [4.78, 5) is 23.5. The smallest absolute Gasteiger partial charge is 0.302 e. The molecular weight excluding hydrogens is 264 g/mol. The van der Waals surface area contributed by atoms with Gasteiger partial charge in [0.25, 0.3) is 0 Å². The molecule has 3 heteroatoms. The molecule has 2 aliphatic rings. The Balaban J connectivity index is 1.77. The van der Waals surface area contributed by atoms with E-state index in [0.29, 0.717) is 11.5 Å². The van der Waals surface area contributed by atoms with Crippen LogP contribution in [0.4, 0.5) is 0 Å². The quantitative estimate of drug-likeness (QED) is 0.482. The lowest BCUT2D eigenvalue weighted by Gasteiger charge is -2.31. The molecular formula is C18H20O3. The number of rotatable bonds is 4. The highest BCUT2D eigenvalue weighted by Gasteiger charge is 2.52. The van der Waals surface area contributed by atoms with Crippen LogP contribution in [0.15, 0.2) is 42.5 Å². The van der Waals surface area contributed by atoms with Gasteiger partial charge < -0.3 is 4.74 Å². The number of fused-ring (bicyclic) bond motifs is 2.